The number of ether oxygens (including phenoxy) is 1. The van der Waals surface area contributed by atoms with Crippen LogP contribution in [0.5, 0.6) is 0 Å². The van der Waals surface area contributed by atoms with E-state index >= 15 is 0 Å². The van der Waals surface area contributed by atoms with Crippen molar-refractivity contribution in [2.75, 3.05) is 19.7 Å². The average molecular weight is 308 g/mol. The number of nitrogens with two attached hydrogens (primary N) is 1. The number of rotatable bonds is 2. The zero-order valence-electron chi connectivity index (χ0n) is 12.5. The maximum Gasteiger partial charge on any atom is 0.191 e. The number of likely N-dealkylation sites (tertiary alicyclic amines) is 1. The zero-order chi connectivity index (χ0) is 14.5. The molecule has 0 spiro atoms. The van der Waals surface area contributed by atoms with E-state index in [-0.39, 0.29) is 0 Å². The molecule has 0 bridgehead atoms. The highest BCUT2D eigenvalue weighted by Gasteiger charge is 2.15. The van der Waals surface area contributed by atoms with Gasteiger partial charge in [-0.25, -0.2) is 9.98 Å². The summed E-state index contributed by atoms with van der Waals surface area (Å²) in [6.45, 7) is 4.17. The molecule has 116 valence electrons. The van der Waals surface area contributed by atoms with Crippen LogP contribution in [-0.2, 0) is 24.3 Å². The number of nitrogens with zero attached hydrogens (tertiary/aromatic N) is 3. The first-order chi connectivity index (χ1) is 10.3. The van der Waals surface area contributed by atoms with E-state index < -0.39 is 0 Å². The van der Waals surface area contributed by atoms with Gasteiger partial charge in [-0.15, -0.1) is 11.3 Å². The van der Waals surface area contributed by atoms with Crippen LogP contribution in [0.4, 0.5) is 0 Å². The lowest BCUT2D eigenvalue weighted by Gasteiger charge is -2.25. The van der Waals surface area contributed by atoms with Gasteiger partial charge < -0.3 is 15.4 Å². The Bertz CT molecular complexity index is 468. The van der Waals surface area contributed by atoms with Crippen LogP contribution in [0.3, 0.4) is 0 Å². The van der Waals surface area contributed by atoms with Gasteiger partial charge in [-0.1, -0.05) is 19.3 Å². The van der Waals surface area contributed by atoms with Gasteiger partial charge in [0, 0.05) is 19.5 Å². The van der Waals surface area contributed by atoms with Gasteiger partial charge in [0.1, 0.15) is 5.01 Å². The van der Waals surface area contributed by atoms with Gasteiger partial charge in [0.05, 0.1) is 30.3 Å². The van der Waals surface area contributed by atoms with E-state index in [9.17, 15) is 0 Å². The summed E-state index contributed by atoms with van der Waals surface area (Å²) in [6.07, 6.45) is 7.35. The molecule has 0 aliphatic carbocycles. The van der Waals surface area contributed by atoms with Crippen LogP contribution in [-0.4, -0.2) is 35.5 Å². The minimum absolute atomic E-state index is 0.597. The molecule has 0 unspecified atom stereocenters. The molecule has 1 fully saturated rings. The molecule has 0 atom stereocenters. The Labute approximate surface area is 130 Å². The van der Waals surface area contributed by atoms with Gasteiger partial charge in [-0.05, 0) is 12.8 Å². The molecule has 6 heteroatoms. The number of thiazole rings is 1. The Kier molecular flexibility index (Phi) is 5.08. The minimum atomic E-state index is 0.597. The summed E-state index contributed by atoms with van der Waals surface area (Å²) >= 11 is 1.71. The third-order valence-electron chi connectivity index (χ3n) is 4.10. The fraction of sp³-hybridized carbons (Fsp3) is 0.733. The standard InChI is InChI=1S/C15H24N4OS/c16-15(19-7-4-2-1-3-5-8-19)17-10-14-18-12-6-9-20-11-13(12)21-14/h1-11H2,(H2,16,17). The Morgan fingerprint density at radius 3 is 2.76 bits per heavy atom. The van der Waals surface area contributed by atoms with Crippen LogP contribution in [0.15, 0.2) is 4.99 Å². The molecule has 1 aromatic rings. The van der Waals surface area contributed by atoms with E-state index in [2.05, 4.69) is 14.9 Å². The molecule has 21 heavy (non-hydrogen) atoms. The first kappa shape index (κ1) is 14.8. The summed E-state index contributed by atoms with van der Waals surface area (Å²) in [5.74, 6) is 0.682. The van der Waals surface area contributed by atoms with Crippen LogP contribution >= 0.6 is 11.3 Å². The van der Waals surface area contributed by atoms with Crippen molar-refractivity contribution in [3.05, 3.63) is 15.6 Å². The quantitative estimate of drug-likeness (QED) is 0.672. The Balaban J connectivity index is 1.59. The molecule has 0 aromatic carbocycles. The normalized spacial score (nSPS) is 20.8. The van der Waals surface area contributed by atoms with Crippen molar-refractivity contribution >= 4 is 17.3 Å². The summed E-state index contributed by atoms with van der Waals surface area (Å²) in [5, 5.41) is 1.06. The van der Waals surface area contributed by atoms with Gasteiger partial charge in [-0.2, -0.15) is 0 Å². The summed E-state index contributed by atoms with van der Waals surface area (Å²) < 4.78 is 5.46. The maximum absolute atomic E-state index is 6.17. The lowest BCUT2D eigenvalue weighted by Crippen LogP contribution is -2.39. The second-order valence-electron chi connectivity index (χ2n) is 5.71. The fourth-order valence-corrected chi connectivity index (χ4v) is 3.85. The number of aliphatic imine (C=N–C) groups is 1. The number of guanidine groups is 1. The first-order valence-corrected chi connectivity index (χ1v) is 8.74. The first-order valence-electron chi connectivity index (χ1n) is 7.93. The Hall–Kier alpha value is -1.14. The third-order valence-corrected chi connectivity index (χ3v) is 5.15. The topological polar surface area (TPSA) is 63.7 Å². The summed E-state index contributed by atoms with van der Waals surface area (Å²) in [6, 6.07) is 0. The molecule has 2 N–H and O–H groups in total. The molecular weight excluding hydrogens is 284 g/mol. The second-order valence-corrected chi connectivity index (χ2v) is 6.88. The molecule has 1 aromatic heterocycles. The molecule has 0 amide bonds. The summed E-state index contributed by atoms with van der Waals surface area (Å²) in [7, 11) is 0. The molecule has 1 saturated heterocycles. The highest BCUT2D eigenvalue weighted by Crippen LogP contribution is 2.24. The molecular formula is C15H24N4OS. The fourth-order valence-electron chi connectivity index (χ4n) is 2.87. The monoisotopic (exact) mass is 308 g/mol. The van der Waals surface area contributed by atoms with Crippen LogP contribution in [0, 0.1) is 0 Å². The van der Waals surface area contributed by atoms with Gasteiger partial charge in [0.15, 0.2) is 5.96 Å². The molecule has 0 radical (unpaired) electrons. The highest BCUT2D eigenvalue weighted by molar-refractivity contribution is 7.11. The van der Waals surface area contributed by atoms with Crippen molar-refractivity contribution in [3.63, 3.8) is 0 Å². The van der Waals surface area contributed by atoms with Crippen LogP contribution in [0.25, 0.3) is 0 Å². The number of aromatic nitrogens is 1. The molecule has 2 aliphatic rings. The molecule has 3 heterocycles. The van der Waals surface area contributed by atoms with Crippen molar-refractivity contribution in [2.24, 2.45) is 10.7 Å². The SMILES string of the molecule is NC(=NCc1nc2c(s1)COCC2)N1CCCCCCC1. The van der Waals surface area contributed by atoms with Gasteiger partial charge in [0.25, 0.3) is 0 Å². The molecule has 0 saturated carbocycles. The van der Waals surface area contributed by atoms with Gasteiger partial charge in [0.2, 0.25) is 0 Å². The average Bonchev–Trinajstić information content (AvgIpc) is 2.87. The smallest absolute Gasteiger partial charge is 0.191 e. The van der Waals surface area contributed by atoms with Crippen molar-refractivity contribution in [3.8, 4) is 0 Å². The van der Waals surface area contributed by atoms with Gasteiger partial charge in [-0.3, -0.25) is 0 Å². The van der Waals surface area contributed by atoms with E-state index in [4.69, 9.17) is 10.5 Å². The Morgan fingerprint density at radius 1 is 1.24 bits per heavy atom. The van der Waals surface area contributed by atoms with E-state index in [1.807, 2.05) is 0 Å². The Morgan fingerprint density at radius 2 is 2.00 bits per heavy atom. The van der Waals surface area contributed by atoms with Crippen molar-refractivity contribution in [1.29, 1.82) is 0 Å². The summed E-state index contributed by atoms with van der Waals surface area (Å²) in [5.41, 5.74) is 7.36. The van der Waals surface area contributed by atoms with Crippen molar-refractivity contribution in [2.45, 2.75) is 51.7 Å². The molecule has 3 rings (SSSR count). The maximum atomic E-state index is 6.17. The summed E-state index contributed by atoms with van der Waals surface area (Å²) in [4.78, 5) is 12.7. The highest BCUT2D eigenvalue weighted by atomic mass is 32.1. The van der Waals surface area contributed by atoms with E-state index in [0.29, 0.717) is 19.1 Å². The molecule has 5 nitrogen and oxygen atoms in total. The van der Waals surface area contributed by atoms with Crippen molar-refractivity contribution in [1.82, 2.24) is 9.88 Å². The van der Waals surface area contributed by atoms with Crippen molar-refractivity contribution < 1.29 is 4.74 Å². The predicted octanol–water partition coefficient (Wildman–Crippen LogP) is 2.30. The minimum Gasteiger partial charge on any atom is -0.375 e. The second kappa shape index (κ2) is 7.22. The lowest BCUT2D eigenvalue weighted by atomic mass is 10.1. The van der Waals surface area contributed by atoms with E-state index in [1.165, 1.54) is 42.7 Å². The zero-order valence-corrected chi connectivity index (χ0v) is 13.3. The predicted molar refractivity (Wildman–Crippen MR) is 85.5 cm³/mol. The van der Waals surface area contributed by atoms with Gasteiger partial charge >= 0.3 is 0 Å². The number of fused-ring (bicyclic) bond motifs is 1. The van der Waals surface area contributed by atoms with E-state index in [1.54, 1.807) is 11.3 Å². The number of hydrogen-bond donors (Lipinski definition) is 1. The number of hydrogen-bond acceptors (Lipinski definition) is 4. The largest absolute Gasteiger partial charge is 0.375 e. The van der Waals surface area contributed by atoms with Crippen LogP contribution in [0.2, 0.25) is 0 Å². The molecule has 2 aliphatic heterocycles. The van der Waals surface area contributed by atoms with E-state index in [0.717, 1.165) is 31.1 Å². The lowest BCUT2D eigenvalue weighted by molar-refractivity contribution is 0.112. The van der Waals surface area contributed by atoms with Crippen LogP contribution < -0.4 is 5.73 Å². The third kappa shape index (κ3) is 3.95. The van der Waals surface area contributed by atoms with Crippen LogP contribution in [0.1, 0.15) is 47.7 Å².